The van der Waals surface area contributed by atoms with Crippen molar-refractivity contribution in [1.82, 2.24) is 0 Å². The van der Waals surface area contributed by atoms with E-state index in [-0.39, 0.29) is 0 Å². The summed E-state index contributed by atoms with van der Waals surface area (Å²) in [6.07, 6.45) is 0. The lowest BCUT2D eigenvalue weighted by Gasteiger charge is -1.42. The first kappa shape index (κ1) is 3.97. The Balaban J connectivity index is 2.43. The van der Waals surface area contributed by atoms with Gasteiger partial charge in [0, 0.05) is 0 Å². The number of nitriles is 1. The van der Waals surface area contributed by atoms with Crippen LogP contribution in [0.15, 0.2) is 0 Å². The zero-order valence-corrected chi connectivity index (χ0v) is 3.49. The summed E-state index contributed by atoms with van der Waals surface area (Å²) in [6, 6.07) is 1.72. The highest BCUT2D eigenvalue weighted by atomic mass is 79.9. The highest BCUT2D eigenvalue weighted by Crippen LogP contribution is 1.78. The van der Waals surface area contributed by atoms with E-state index in [0.717, 1.165) is 0 Å². The molecule has 1 nitrogen and oxygen atoms in total. The first-order valence-corrected chi connectivity index (χ1v) is 1.65. The molecule has 0 spiro atoms. The van der Waals surface area contributed by atoms with E-state index in [1.54, 1.807) is 6.07 Å². The minimum absolute atomic E-state index is 1.24. The van der Waals surface area contributed by atoms with Crippen LogP contribution in [0.2, 0.25) is 0 Å². The van der Waals surface area contributed by atoms with Gasteiger partial charge in [0.1, 0.15) is 5.33 Å². The summed E-state index contributed by atoms with van der Waals surface area (Å²) in [5.74, 6) is 0. The first-order chi connectivity index (χ1) is 1.91. The highest BCUT2D eigenvalue weighted by Gasteiger charge is 1.54. The molecule has 0 unspecified atom stereocenters. The molecule has 0 fully saturated rings. The largest absolute Gasteiger partial charge is 0.197 e. The maximum atomic E-state index is 7.52. The van der Waals surface area contributed by atoms with E-state index >= 15 is 0 Å². The van der Waals surface area contributed by atoms with Crippen LogP contribution in [0.25, 0.3) is 0 Å². The fourth-order valence-electron chi connectivity index (χ4n) is 0. The lowest BCUT2D eigenvalue weighted by Crippen LogP contribution is -1.32. The summed E-state index contributed by atoms with van der Waals surface area (Å²) in [5, 5.41) is 8.77. The molecule has 0 aromatic heterocycles. The predicted molar refractivity (Wildman–Crippen MR) is 18.8 cm³/mol. The van der Waals surface area contributed by atoms with Gasteiger partial charge < -0.3 is 0 Å². The SMILES string of the molecule is N#C[CH]Br. The second-order valence-corrected chi connectivity index (χ2v) is 0.696. The van der Waals surface area contributed by atoms with Crippen LogP contribution < -0.4 is 0 Å². The van der Waals surface area contributed by atoms with Crippen molar-refractivity contribution in [1.29, 1.82) is 5.26 Å². The Labute approximate surface area is 33.4 Å². The van der Waals surface area contributed by atoms with Gasteiger partial charge in [0.15, 0.2) is 0 Å². The normalized spacial score (nSPS) is 5.00. The van der Waals surface area contributed by atoms with Crippen molar-refractivity contribution in [2.75, 3.05) is 0 Å². The predicted octanol–water partition coefficient (Wildman–Crippen LogP) is 1.07. The summed E-state index contributed by atoms with van der Waals surface area (Å²) in [7, 11) is 0. The molecule has 0 heterocycles. The van der Waals surface area contributed by atoms with Gasteiger partial charge in [-0.15, -0.1) is 0 Å². The molecule has 4 heavy (non-hydrogen) atoms. The van der Waals surface area contributed by atoms with Crippen molar-refractivity contribution in [2.45, 2.75) is 0 Å². The van der Waals surface area contributed by atoms with Crippen LogP contribution in [0.3, 0.4) is 0 Å². The fraction of sp³-hybridized carbons (Fsp3) is 0. The van der Waals surface area contributed by atoms with Gasteiger partial charge in [-0.1, -0.05) is 15.9 Å². The van der Waals surface area contributed by atoms with Crippen LogP contribution in [-0.4, -0.2) is 0 Å². The maximum absolute atomic E-state index is 7.52. The van der Waals surface area contributed by atoms with Crippen LogP contribution in [0, 0.1) is 16.7 Å². The molecule has 0 N–H and O–H groups in total. The average molecular weight is 119 g/mol. The standard InChI is InChI=1S/C2HBrN/c3-1-2-4/h1H. The average Bonchev–Trinajstić information content (AvgIpc) is 1.37. The van der Waals surface area contributed by atoms with Gasteiger partial charge in [-0.3, -0.25) is 0 Å². The van der Waals surface area contributed by atoms with Gasteiger partial charge >= 0.3 is 0 Å². The number of hydrogen-bond donors (Lipinski definition) is 0. The maximum Gasteiger partial charge on any atom is 0.127 e. The van der Waals surface area contributed by atoms with Gasteiger partial charge in [0.05, 0.1) is 6.07 Å². The van der Waals surface area contributed by atoms with Crippen LogP contribution in [0.5, 0.6) is 0 Å². The van der Waals surface area contributed by atoms with Gasteiger partial charge in [0.25, 0.3) is 0 Å². The highest BCUT2D eigenvalue weighted by molar-refractivity contribution is 9.10. The molecule has 0 saturated heterocycles. The lowest BCUT2D eigenvalue weighted by atomic mass is 10.9. The molecule has 0 saturated carbocycles. The second kappa shape index (κ2) is 2.97. The Hall–Kier alpha value is -0.0300. The van der Waals surface area contributed by atoms with Crippen molar-refractivity contribution in [3.8, 4) is 6.07 Å². The summed E-state index contributed by atoms with van der Waals surface area (Å²) >= 11 is 2.76. The van der Waals surface area contributed by atoms with E-state index < -0.39 is 0 Å². The van der Waals surface area contributed by atoms with Crippen molar-refractivity contribution >= 4 is 15.9 Å². The summed E-state index contributed by atoms with van der Waals surface area (Å²) in [5.41, 5.74) is 0. The molecule has 21 valence electrons. The topological polar surface area (TPSA) is 23.8 Å². The molecule has 2 heteroatoms. The molecule has 0 amide bonds. The molecule has 0 rings (SSSR count). The van der Waals surface area contributed by atoms with Crippen molar-refractivity contribution < 1.29 is 0 Å². The van der Waals surface area contributed by atoms with E-state index in [2.05, 4.69) is 15.9 Å². The minimum Gasteiger partial charge on any atom is -0.197 e. The smallest absolute Gasteiger partial charge is 0.127 e. The Morgan fingerprint density at radius 1 is 2.00 bits per heavy atom. The van der Waals surface area contributed by atoms with Gasteiger partial charge in [-0.05, 0) is 0 Å². The molecule has 0 aliphatic heterocycles. The number of nitrogens with zero attached hydrogens (tertiary/aromatic N) is 1. The molecule has 0 aromatic rings. The van der Waals surface area contributed by atoms with Gasteiger partial charge in [-0.25, -0.2) is 0 Å². The third kappa shape index (κ3) is 1.97. The summed E-state index contributed by atoms with van der Waals surface area (Å²) in [4.78, 5) is 0. The molecule has 0 atom stereocenters. The first-order valence-electron chi connectivity index (χ1n) is 0.730. The van der Waals surface area contributed by atoms with E-state index in [0.29, 0.717) is 0 Å². The number of rotatable bonds is 0. The number of halogens is 1. The Morgan fingerprint density at radius 2 is 2.25 bits per heavy atom. The molecule has 0 aliphatic rings. The van der Waals surface area contributed by atoms with Crippen LogP contribution in [0.1, 0.15) is 0 Å². The monoisotopic (exact) mass is 118 g/mol. The van der Waals surface area contributed by atoms with E-state index in [1.165, 1.54) is 5.33 Å². The molecule has 1 radical (unpaired) electrons. The fourth-order valence-corrected chi connectivity index (χ4v) is 0. The van der Waals surface area contributed by atoms with Crippen molar-refractivity contribution in [3.63, 3.8) is 0 Å². The molecule has 0 aromatic carbocycles. The van der Waals surface area contributed by atoms with Gasteiger partial charge in [0.2, 0.25) is 0 Å². The van der Waals surface area contributed by atoms with E-state index in [4.69, 9.17) is 5.26 Å². The zero-order chi connectivity index (χ0) is 3.41. The van der Waals surface area contributed by atoms with Crippen LogP contribution in [-0.2, 0) is 0 Å². The Bertz CT molecular complexity index is 35.8. The molecular formula is C2HBrN. The zero-order valence-electron chi connectivity index (χ0n) is 1.90. The third-order valence-electron chi connectivity index (χ3n) is 0.0488. The van der Waals surface area contributed by atoms with Crippen LogP contribution >= 0.6 is 15.9 Å². The minimum atomic E-state index is 1.24. The van der Waals surface area contributed by atoms with Crippen LogP contribution in [0.4, 0.5) is 0 Å². The summed E-state index contributed by atoms with van der Waals surface area (Å²) < 4.78 is 0. The molecule has 0 bridgehead atoms. The lowest BCUT2D eigenvalue weighted by molar-refractivity contribution is 1.53. The van der Waals surface area contributed by atoms with Crippen molar-refractivity contribution in [3.05, 3.63) is 5.33 Å². The van der Waals surface area contributed by atoms with Gasteiger partial charge in [-0.2, -0.15) is 5.26 Å². The van der Waals surface area contributed by atoms with E-state index in [9.17, 15) is 0 Å². The molecule has 0 aliphatic carbocycles. The molecular weight excluding hydrogens is 118 g/mol. The third-order valence-corrected chi connectivity index (χ3v) is 0.254. The Morgan fingerprint density at radius 3 is 2.25 bits per heavy atom. The number of hydrogen-bond acceptors (Lipinski definition) is 1. The second-order valence-electron chi connectivity index (χ2n) is 0.238. The quantitative estimate of drug-likeness (QED) is 0.467. The Kier molecular flexibility index (Phi) is 2.95. The van der Waals surface area contributed by atoms with E-state index in [1.807, 2.05) is 0 Å². The van der Waals surface area contributed by atoms with Crippen molar-refractivity contribution in [2.24, 2.45) is 0 Å². The summed E-state index contributed by atoms with van der Waals surface area (Å²) in [6.45, 7) is 0.